The summed E-state index contributed by atoms with van der Waals surface area (Å²) in [7, 11) is 0. The number of allylic oxidation sites excluding steroid dienone is 1. The number of benzene rings is 3. The molecular weight excluding hydrogens is 498 g/mol. The van der Waals surface area contributed by atoms with E-state index < -0.39 is 6.04 Å². The van der Waals surface area contributed by atoms with E-state index in [4.69, 9.17) is 4.74 Å². The number of piperidine rings is 1. The number of fused-ring (bicyclic) bond motifs is 1. The molecule has 1 saturated heterocycles. The van der Waals surface area contributed by atoms with Crippen LogP contribution in [-0.4, -0.2) is 39.8 Å². The largest absolute Gasteiger partial charge is 0.489 e. The first-order valence-electron chi connectivity index (χ1n) is 14.5. The van der Waals surface area contributed by atoms with Crippen molar-refractivity contribution in [2.45, 2.75) is 76.3 Å². The van der Waals surface area contributed by atoms with Crippen LogP contribution in [0.3, 0.4) is 0 Å². The molecule has 3 unspecified atom stereocenters. The Hall–Kier alpha value is -3.90. The van der Waals surface area contributed by atoms with Gasteiger partial charge in [0.25, 0.3) is 5.91 Å². The van der Waals surface area contributed by atoms with E-state index >= 15 is 0 Å². The van der Waals surface area contributed by atoms with Crippen molar-refractivity contribution in [2.24, 2.45) is 0 Å². The van der Waals surface area contributed by atoms with Gasteiger partial charge in [-0.1, -0.05) is 73.7 Å². The number of carbonyl (C=O) groups excluding carboxylic acids is 2. The van der Waals surface area contributed by atoms with E-state index in [0.29, 0.717) is 24.9 Å². The highest BCUT2D eigenvalue weighted by Gasteiger charge is 2.38. The first-order valence-corrected chi connectivity index (χ1v) is 14.5. The molecular formula is C34H37N3O3. The average molecular weight is 536 g/mol. The highest BCUT2D eigenvalue weighted by Crippen LogP contribution is 2.34. The van der Waals surface area contributed by atoms with Gasteiger partial charge in [-0.05, 0) is 67.0 Å². The van der Waals surface area contributed by atoms with Gasteiger partial charge < -0.3 is 15.0 Å². The maximum Gasteiger partial charge on any atom is 0.255 e. The number of rotatable bonds is 8. The number of nitrogens with zero attached hydrogens (tertiary/aromatic N) is 2. The second kappa shape index (κ2) is 11.7. The standard InChI is InChI=1S/C34H37N3O3/c1-24-16-19-31(33(38)35-24)37-23-27-20-28(17-18-29(27)34(37)39)40-32-15-9-8-14-30(32)36(21-25-10-4-2-5-11-25)22-26-12-6-3-7-13-26/h2-7,10-13,17-18,20,30-32H,1,8-9,14-16,19,21-23H2,(H,35,38). The monoisotopic (exact) mass is 535 g/mol. The molecule has 3 aromatic carbocycles. The minimum Gasteiger partial charge on any atom is -0.489 e. The van der Waals surface area contributed by atoms with Gasteiger partial charge in [0.15, 0.2) is 0 Å². The lowest BCUT2D eigenvalue weighted by Crippen LogP contribution is -2.49. The Morgan fingerprint density at radius 1 is 0.875 bits per heavy atom. The van der Waals surface area contributed by atoms with E-state index in [1.807, 2.05) is 18.2 Å². The SMILES string of the molecule is C=C1CCC(N2Cc3cc(OC4CCCCC4N(Cc4ccccc4)Cc4ccccc4)ccc3C2=O)C(=O)N1. The van der Waals surface area contributed by atoms with Crippen molar-refractivity contribution in [3.8, 4) is 5.75 Å². The summed E-state index contributed by atoms with van der Waals surface area (Å²) in [6.07, 6.45) is 5.77. The molecule has 2 heterocycles. The molecule has 1 saturated carbocycles. The summed E-state index contributed by atoms with van der Waals surface area (Å²) in [5.74, 6) is 0.573. The Bertz CT molecular complexity index is 1330. The fourth-order valence-electron chi connectivity index (χ4n) is 6.44. The Kier molecular flexibility index (Phi) is 7.69. The lowest BCUT2D eigenvalue weighted by molar-refractivity contribution is -0.126. The molecule has 3 aliphatic rings. The van der Waals surface area contributed by atoms with E-state index in [1.54, 1.807) is 4.90 Å². The highest BCUT2D eigenvalue weighted by atomic mass is 16.5. The molecule has 0 bridgehead atoms. The third-order valence-corrected chi connectivity index (χ3v) is 8.49. The van der Waals surface area contributed by atoms with Crippen molar-refractivity contribution in [1.82, 2.24) is 15.1 Å². The number of ether oxygens (including phenoxy) is 1. The molecule has 2 fully saturated rings. The number of hydrogen-bond donors (Lipinski definition) is 1. The highest BCUT2D eigenvalue weighted by molar-refractivity contribution is 6.01. The maximum absolute atomic E-state index is 13.2. The molecule has 40 heavy (non-hydrogen) atoms. The summed E-state index contributed by atoms with van der Waals surface area (Å²) in [4.78, 5) is 30.0. The van der Waals surface area contributed by atoms with Crippen molar-refractivity contribution in [3.05, 3.63) is 113 Å². The third kappa shape index (κ3) is 5.68. The van der Waals surface area contributed by atoms with Gasteiger partial charge in [0.05, 0.1) is 0 Å². The zero-order valence-corrected chi connectivity index (χ0v) is 22.9. The number of amides is 2. The lowest BCUT2D eigenvalue weighted by atomic mass is 9.90. The van der Waals surface area contributed by atoms with Crippen LogP contribution in [0, 0.1) is 0 Å². The van der Waals surface area contributed by atoms with E-state index in [2.05, 4.69) is 77.5 Å². The van der Waals surface area contributed by atoms with Gasteiger partial charge in [-0.25, -0.2) is 0 Å². The van der Waals surface area contributed by atoms with Gasteiger partial charge >= 0.3 is 0 Å². The second-order valence-corrected chi connectivity index (χ2v) is 11.3. The molecule has 1 aliphatic carbocycles. The van der Waals surface area contributed by atoms with Crippen LogP contribution < -0.4 is 10.1 Å². The van der Waals surface area contributed by atoms with Crippen molar-refractivity contribution in [1.29, 1.82) is 0 Å². The Balaban J connectivity index is 1.20. The van der Waals surface area contributed by atoms with E-state index in [0.717, 1.165) is 49.4 Å². The molecule has 2 aliphatic heterocycles. The van der Waals surface area contributed by atoms with Gasteiger partial charge in [0.1, 0.15) is 17.9 Å². The van der Waals surface area contributed by atoms with E-state index in [-0.39, 0.29) is 24.0 Å². The average Bonchev–Trinajstić information content (AvgIpc) is 3.29. The normalized spacial score (nSPS) is 22.8. The lowest BCUT2D eigenvalue weighted by Gasteiger charge is -2.40. The molecule has 2 amide bonds. The molecule has 0 aromatic heterocycles. The minimum atomic E-state index is -0.456. The molecule has 206 valence electrons. The Morgan fingerprint density at radius 3 is 2.23 bits per heavy atom. The summed E-state index contributed by atoms with van der Waals surface area (Å²) in [6.45, 7) is 6.02. The molecule has 6 nitrogen and oxygen atoms in total. The van der Waals surface area contributed by atoms with Crippen LogP contribution in [0.5, 0.6) is 5.75 Å². The first kappa shape index (κ1) is 26.3. The summed E-state index contributed by atoms with van der Waals surface area (Å²) in [5.41, 5.74) is 4.91. The number of hydrogen-bond acceptors (Lipinski definition) is 4. The molecule has 3 atom stereocenters. The van der Waals surface area contributed by atoms with Crippen LogP contribution in [0.4, 0.5) is 0 Å². The Morgan fingerprint density at radius 2 is 1.55 bits per heavy atom. The van der Waals surface area contributed by atoms with Crippen LogP contribution >= 0.6 is 0 Å². The maximum atomic E-state index is 13.2. The quantitative estimate of drug-likeness (QED) is 0.395. The molecule has 6 rings (SSSR count). The molecule has 1 N–H and O–H groups in total. The van der Waals surface area contributed by atoms with Gasteiger partial charge in [-0.15, -0.1) is 0 Å². The van der Waals surface area contributed by atoms with Crippen molar-refractivity contribution < 1.29 is 14.3 Å². The van der Waals surface area contributed by atoms with Crippen molar-refractivity contribution in [2.75, 3.05) is 0 Å². The van der Waals surface area contributed by atoms with Gasteiger partial charge in [0, 0.05) is 36.9 Å². The van der Waals surface area contributed by atoms with Gasteiger partial charge in [0.2, 0.25) is 5.91 Å². The predicted molar refractivity (Wildman–Crippen MR) is 155 cm³/mol. The Labute approximate surface area is 236 Å². The van der Waals surface area contributed by atoms with Crippen LogP contribution in [0.2, 0.25) is 0 Å². The molecule has 6 heteroatoms. The number of carbonyl (C=O) groups is 2. The summed E-state index contributed by atoms with van der Waals surface area (Å²) in [5, 5.41) is 2.81. The van der Waals surface area contributed by atoms with Crippen LogP contribution in [0.25, 0.3) is 0 Å². The minimum absolute atomic E-state index is 0.0579. The van der Waals surface area contributed by atoms with Crippen molar-refractivity contribution >= 4 is 11.8 Å². The van der Waals surface area contributed by atoms with E-state index in [9.17, 15) is 9.59 Å². The fourth-order valence-corrected chi connectivity index (χ4v) is 6.44. The summed E-state index contributed by atoms with van der Waals surface area (Å²) in [6, 6.07) is 27.0. The van der Waals surface area contributed by atoms with Crippen LogP contribution in [0.1, 0.15) is 65.6 Å². The zero-order chi connectivity index (χ0) is 27.5. The zero-order valence-electron chi connectivity index (χ0n) is 22.9. The van der Waals surface area contributed by atoms with Gasteiger partial charge in [-0.2, -0.15) is 0 Å². The fraction of sp³-hybridized carbons (Fsp3) is 0.353. The van der Waals surface area contributed by atoms with Crippen LogP contribution in [0.15, 0.2) is 91.1 Å². The smallest absolute Gasteiger partial charge is 0.255 e. The summed E-state index contributed by atoms with van der Waals surface area (Å²) >= 11 is 0. The number of nitrogens with one attached hydrogen (secondary N) is 1. The van der Waals surface area contributed by atoms with Crippen LogP contribution in [-0.2, 0) is 24.4 Å². The second-order valence-electron chi connectivity index (χ2n) is 11.3. The van der Waals surface area contributed by atoms with Gasteiger partial charge in [-0.3, -0.25) is 14.5 Å². The molecule has 0 spiro atoms. The van der Waals surface area contributed by atoms with E-state index in [1.165, 1.54) is 17.5 Å². The predicted octanol–water partition coefficient (Wildman–Crippen LogP) is 5.83. The first-order chi connectivity index (χ1) is 19.5. The third-order valence-electron chi connectivity index (χ3n) is 8.49. The molecule has 0 radical (unpaired) electrons. The molecule has 3 aromatic rings. The topological polar surface area (TPSA) is 61.9 Å². The van der Waals surface area contributed by atoms with Crippen molar-refractivity contribution in [3.63, 3.8) is 0 Å². The summed E-state index contributed by atoms with van der Waals surface area (Å²) < 4.78 is 6.74.